The van der Waals surface area contributed by atoms with Crippen LogP contribution in [0.4, 0.5) is 0 Å². The number of unbranched alkanes of at least 4 members (excludes halogenated alkanes) is 7. The summed E-state index contributed by atoms with van der Waals surface area (Å²) in [5.74, 6) is 1.00. The number of carbonyl (C=O) groups is 1. The van der Waals surface area contributed by atoms with Gasteiger partial charge in [-0.2, -0.15) is 0 Å². The number of pyridine rings is 1. The first-order valence-electron chi connectivity index (χ1n) is 11.9. The van der Waals surface area contributed by atoms with Gasteiger partial charge in [-0.1, -0.05) is 70.1 Å². The standard InChI is InChI=1S/C26H36N4O/c1-2-3-4-5-6-7-8-13-21-30-24-17-10-9-15-22(24)29-25(30)18-14-20-28-26(31)23-16-11-12-19-27-23/h9-12,15-17,19H,2-8,13-14,18,20-21H2,1H3,(H,28,31). The van der Waals surface area contributed by atoms with E-state index >= 15 is 0 Å². The molecule has 0 spiro atoms. The van der Waals surface area contributed by atoms with Crippen molar-refractivity contribution in [1.82, 2.24) is 19.9 Å². The van der Waals surface area contributed by atoms with E-state index in [-0.39, 0.29) is 5.91 Å². The van der Waals surface area contributed by atoms with Crippen LogP contribution in [0.5, 0.6) is 0 Å². The largest absolute Gasteiger partial charge is 0.351 e. The second-order valence-corrected chi connectivity index (χ2v) is 8.22. The van der Waals surface area contributed by atoms with Crippen LogP contribution in [0.1, 0.15) is 81.0 Å². The van der Waals surface area contributed by atoms with E-state index in [2.05, 4.69) is 40.0 Å². The zero-order chi connectivity index (χ0) is 21.7. The number of hydrogen-bond donors (Lipinski definition) is 1. The number of nitrogens with zero attached hydrogens (tertiary/aromatic N) is 3. The monoisotopic (exact) mass is 420 g/mol. The first kappa shape index (κ1) is 23.0. The van der Waals surface area contributed by atoms with E-state index in [0.717, 1.165) is 30.7 Å². The summed E-state index contributed by atoms with van der Waals surface area (Å²) in [4.78, 5) is 21.1. The van der Waals surface area contributed by atoms with Gasteiger partial charge in [0.15, 0.2) is 0 Å². The molecule has 1 N–H and O–H groups in total. The fourth-order valence-electron chi connectivity index (χ4n) is 4.01. The van der Waals surface area contributed by atoms with Gasteiger partial charge in [-0.25, -0.2) is 4.98 Å². The first-order valence-corrected chi connectivity index (χ1v) is 11.9. The minimum absolute atomic E-state index is 0.118. The van der Waals surface area contributed by atoms with Crippen molar-refractivity contribution in [3.63, 3.8) is 0 Å². The van der Waals surface area contributed by atoms with Gasteiger partial charge in [0.25, 0.3) is 5.91 Å². The van der Waals surface area contributed by atoms with Crippen LogP contribution in [-0.2, 0) is 13.0 Å². The van der Waals surface area contributed by atoms with Gasteiger partial charge in [0.2, 0.25) is 0 Å². The van der Waals surface area contributed by atoms with E-state index in [4.69, 9.17) is 4.98 Å². The number of aryl methyl sites for hydroxylation is 2. The van der Waals surface area contributed by atoms with Crippen molar-refractivity contribution in [1.29, 1.82) is 0 Å². The first-order chi connectivity index (χ1) is 15.3. The smallest absolute Gasteiger partial charge is 0.269 e. The van der Waals surface area contributed by atoms with Gasteiger partial charge < -0.3 is 9.88 Å². The lowest BCUT2D eigenvalue weighted by Gasteiger charge is -2.10. The normalized spacial score (nSPS) is 11.1. The summed E-state index contributed by atoms with van der Waals surface area (Å²) in [5.41, 5.74) is 2.75. The van der Waals surface area contributed by atoms with Crippen LogP contribution < -0.4 is 5.32 Å². The molecular weight excluding hydrogens is 384 g/mol. The number of carbonyl (C=O) groups excluding carboxylic acids is 1. The molecule has 1 amide bonds. The summed E-state index contributed by atoms with van der Waals surface area (Å²) in [6.45, 7) is 3.91. The molecule has 0 bridgehead atoms. The zero-order valence-electron chi connectivity index (χ0n) is 18.9. The van der Waals surface area contributed by atoms with Crippen LogP contribution in [0.3, 0.4) is 0 Å². The molecule has 0 unspecified atom stereocenters. The molecule has 3 rings (SSSR count). The van der Waals surface area contributed by atoms with E-state index in [1.54, 1.807) is 12.3 Å². The summed E-state index contributed by atoms with van der Waals surface area (Å²) in [7, 11) is 0. The van der Waals surface area contributed by atoms with Crippen LogP contribution in [0.15, 0.2) is 48.7 Å². The Bertz CT molecular complexity index is 920. The fourth-order valence-corrected chi connectivity index (χ4v) is 4.01. The van der Waals surface area contributed by atoms with Gasteiger partial charge in [0.05, 0.1) is 11.0 Å². The third-order valence-electron chi connectivity index (χ3n) is 5.73. The van der Waals surface area contributed by atoms with Crippen molar-refractivity contribution in [3.05, 3.63) is 60.2 Å². The predicted molar refractivity (Wildman–Crippen MR) is 127 cm³/mol. The number of para-hydroxylation sites is 2. The Hall–Kier alpha value is -2.69. The lowest BCUT2D eigenvalue weighted by Crippen LogP contribution is -2.25. The third-order valence-corrected chi connectivity index (χ3v) is 5.73. The second-order valence-electron chi connectivity index (χ2n) is 8.22. The van der Waals surface area contributed by atoms with Crippen molar-refractivity contribution < 1.29 is 4.79 Å². The highest BCUT2D eigenvalue weighted by atomic mass is 16.1. The minimum atomic E-state index is -0.118. The molecular formula is C26H36N4O. The van der Waals surface area contributed by atoms with Crippen molar-refractivity contribution in [2.45, 2.75) is 77.7 Å². The molecule has 5 nitrogen and oxygen atoms in total. The Kier molecular flexibility index (Phi) is 9.55. The molecule has 0 radical (unpaired) electrons. The lowest BCUT2D eigenvalue weighted by molar-refractivity contribution is 0.0948. The van der Waals surface area contributed by atoms with Crippen molar-refractivity contribution in [3.8, 4) is 0 Å². The number of rotatable bonds is 14. The van der Waals surface area contributed by atoms with Crippen molar-refractivity contribution in [2.24, 2.45) is 0 Å². The van der Waals surface area contributed by atoms with Crippen LogP contribution >= 0.6 is 0 Å². The van der Waals surface area contributed by atoms with E-state index in [9.17, 15) is 4.79 Å². The minimum Gasteiger partial charge on any atom is -0.351 e. The molecule has 2 heterocycles. The Labute approximate surface area is 186 Å². The highest BCUT2D eigenvalue weighted by molar-refractivity contribution is 5.92. The van der Waals surface area contributed by atoms with Crippen molar-refractivity contribution in [2.75, 3.05) is 6.54 Å². The van der Waals surface area contributed by atoms with E-state index < -0.39 is 0 Å². The van der Waals surface area contributed by atoms with Crippen LogP contribution in [-0.4, -0.2) is 27.0 Å². The molecule has 0 aliphatic rings. The maximum Gasteiger partial charge on any atom is 0.269 e. The molecule has 0 saturated carbocycles. The molecule has 0 fully saturated rings. The highest BCUT2D eigenvalue weighted by Crippen LogP contribution is 2.19. The van der Waals surface area contributed by atoms with E-state index in [1.807, 2.05) is 18.2 Å². The number of benzene rings is 1. The maximum absolute atomic E-state index is 12.2. The van der Waals surface area contributed by atoms with Crippen molar-refractivity contribution >= 4 is 16.9 Å². The predicted octanol–water partition coefficient (Wildman–Crippen LogP) is 5.93. The molecule has 2 aromatic heterocycles. The fraction of sp³-hybridized carbons (Fsp3) is 0.500. The molecule has 166 valence electrons. The number of aromatic nitrogens is 3. The molecule has 0 aliphatic heterocycles. The Morgan fingerprint density at radius 1 is 0.903 bits per heavy atom. The molecule has 3 aromatic rings. The molecule has 31 heavy (non-hydrogen) atoms. The van der Waals surface area contributed by atoms with Gasteiger partial charge in [-0.05, 0) is 37.1 Å². The third kappa shape index (κ3) is 7.20. The lowest BCUT2D eigenvalue weighted by atomic mass is 10.1. The molecule has 0 saturated heterocycles. The second kappa shape index (κ2) is 12.9. The van der Waals surface area contributed by atoms with E-state index in [1.165, 1.54) is 56.9 Å². The summed E-state index contributed by atoms with van der Waals surface area (Å²) in [5, 5.41) is 2.96. The molecule has 0 atom stereocenters. The summed E-state index contributed by atoms with van der Waals surface area (Å²) in [6, 6.07) is 13.8. The Morgan fingerprint density at radius 3 is 2.42 bits per heavy atom. The average molecular weight is 421 g/mol. The van der Waals surface area contributed by atoms with Gasteiger partial charge in [-0.3, -0.25) is 9.78 Å². The average Bonchev–Trinajstić information content (AvgIpc) is 3.16. The van der Waals surface area contributed by atoms with Gasteiger partial charge in [0, 0.05) is 25.7 Å². The number of hydrogen-bond acceptors (Lipinski definition) is 3. The Morgan fingerprint density at radius 2 is 1.65 bits per heavy atom. The number of nitrogens with one attached hydrogen (secondary N) is 1. The number of amides is 1. The van der Waals surface area contributed by atoms with Gasteiger partial charge >= 0.3 is 0 Å². The van der Waals surface area contributed by atoms with Crippen LogP contribution in [0, 0.1) is 0 Å². The number of imidazole rings is 1. The maximum atomic E-state index is 12.2. The summed E-state index contributed by atoms with van der Waals surface area (Å²) in [6.07, 6.45) is 13.9. The van der Waals surface area contributed by atoms with E-state index in [0.29, 0.717) is 12.2 Å². The van der Waals surface area contributed by atoms with Crippen LogP contribution in [0.25, 0.3) is 11.0 Å². The van der Waals surface area contributed by atoms with Gasteiger partial charge in [0.1, 0.15) is 11.5 Å². The quantitative estimate of drug-likeness (QED) is 0.329. The topological polar surface area (TPSA) is 59.8 Å². The number of fused-ring (bicyclic) bond motifs is 1. The highest BCUT2D eigenvalue weighted by Gasteiger charge is 2.11. The van der Waals surface area contributed by atoms with Gasteiger partial charge in [-0.15, -0.1) is 0 Å². The molecule has 5 heteroatoms. The Balaban J connectivity index is 1.47. The van der Waals surface area contributed by atoms with Crippen LogP contribution in [0.2, 0.25) is 0 Å². The zero-order valence-corrected chi connectivity index (χ0v) is 18.9. The molecule has 0 aliphatic carbocycles. The summed E-state index contributed by atoms with van der Waals surface area (Å²) >= 11 is 0. The summed E-state index contributed by atoms with van der Waals surface area (Å²) < 4.78 is 2.38. The molecule has 1 aromatic carbocycles. The SMILES string of the molecule is CCCCCCCCCCn1c(CCCNC(=O)c2ccccn2)nc2ccccc21.